The van der Waals surface area contributed by atoms with Crippen LogP contribution >= 0.6 is 0 Å². The second kappa shape index (κ2) is 6.47. The predicted octanol–water partition coefficient (Wildman–Crippen LogP) is 4.97. The van der Waals surface area contributed by atoms with Crippen molar-refractivity contribution in [3.8, 4) is 0 Å². The predicted molar refractivity (Wildman–Crippen MR) is 113 cm³/mol. The fourth-order valence-corrected chi connectivity index (χ4v) is 5.32. The van der Waals surface area contributed by atoms with Crippen LogP contribution < -0.4 is 0 Å². The summed E-state index contributed by atoms with van der Waals surface area (Å²) >= 11 is 0. The van der Waals surface area contributed by atoms with Crippen LogP contribution in [0.2, 0.25) is 0 Å². The Balaban J connectivity index is 2.24. The standard InChI is InChI=1S/C22H27BF2N4/c1-8-17-12(3)21-20(19-10-11-26-16(7)27-19)22-13(4)18(9-2)15(6)29(22)23(24,25)28(21)14(17)5/h10-11H,8-9H2,1-7H3. The van der Waals surface area contributed by atoms with E-state index in [-0.39, 0.29) is 0 Å². The van der Waals surface area contributed by atoms with Crippen molar-refractivity contribution in [2.75, 3.05) is 0 Å². The summed E-state index contributed by atoms with van der Waals surface area (Å²) in [5.74, 6) is 0.629. The molecule has 0 fully saturated rings. The number of fused-ring (bicyclic) bond motifs is 2. The molecular weight excluding hydrogens is 369 g/mol. The average Bonchev–Trinajstić information content (AvgIpc) is 3.07. The molecule has 0 unspecified atom stereocenters. The van der Waals surface area contributed by atoms with Crippen molar-refractivity contribution in [3.05, 3.63) is 63.1 Å². The molecule has 0 radical (unpaired) electrons. The van der Waals surface area contributed by atoms with Gasteiger partial charge in [0.05, 0.1) is 11.3 Å². The second-order valence-electron chi connectivity index (χ2n) is 7.97. The molecule has 2 aromatic rings. The van der Waals surface area contributed by atoms with Crippen LogP contribution in [0.15, 0.2) is 29.1 Å². The van der Waals surface area contributed by atoms with Crippen molar-refractivity contribution in [2.24, 2.45) is 0 Å². The van der Waals surface area contributed by atoms with Crippen LogP contribution in [-0.4, -0.2) is 31.6 Å². The second-order valence-corrected chi connectivity index (χ2v) is 7.97. The molecule has 0 saturated heterocycles. The van der Waals surface area contributed by atoms with E-state index in [0.717, 1.165) is 27.8 Å². The van der Waals surface area contributed by atoms with Crippen molar-refractivity contribution < 1.29 is 13.1 Å². The maximum atomic E-state index is 16.1. The van der Waals surface area contributed by atoms with Gasteiger partial charge in [-0.15, -0.1) is 0 Å². The quantitative estimate of drug-likeness (QED) is 0.686. The molecule has 0 N–H and O–H groups in total. The Kier molecular flexibility index (Phi) is 4.41. The van der Waals surface area contributed by atoms with E-state index in [2.05, 4.69) is 9.97 Å². The van der Waals surface area contributed by atoms with Gasteiger partial charge in [-0.1, -0.05) is 13.8 Å². The van der Waals surface area contributed by atoms with Crippen LogP contribution in [0.25, 0.3) is 5.57 Å². The molecule has 7 heteroatoms. The highest BCUT2D eigenvalue weighted by Gasteiger charge is 2.56. The lowest BCUT2D eigenvalue weighted by molar-refractivity contribution is -0.363. The Labute approximate surface area is 170 Å². The molecule has 4 heterocycles. The Morgan fingerprint density at radius 2 is 1.76 bits per heavy atom. The zero-order valence-electron chi connectivity index (χ0n) is 18.2. The van der Waals surface area contributed by atoms with Crippen LogP contribution in [-0.2, 0) is 6.42 Å². The van der Waals surface area contributed by atoms with E-state index in [1.807, 2.05) is 54.5 Å². The average molecular weight is 396 g/mol. The maximum Gasteiger partial charge on any atom is 0.737 e. The zero-order valence-corrected chi connectivity index (χ0v) is 18.2. The Bertz CT molecular complexity index is 1150. The zero-order chi connectivity index (χ0) is 21.2. The number of hydrogen-bond acceptors (Lipinski definition) is 2. The minimum absolute atomic E-state index is 0.596. The molecule has 0 spiro atoms. The highest BCUT2D eigenvalue weighted by molar-refractivity contribution is 6.58. The third-order valence-corrected chi connectivity index (χ3v) is 6.53. The summed E-state index contributed by atoms with van der Waals surface area (Å²) in [5, 5.41) is 0. The van der Waals surface area contributed by atoms with Crippen molar-refractivity contribution in [1.82, 2.24) is 14.4 Å². The van der Waals surface area contributed by atoms with Crippen LogP contribution in [0.4, 0.5) is 8.63 Å². The Hall–Kier alpha value is -2.57. The number of halogens is 2. The third kappa shape index (κ3) is 2.45. The number of rotatable bonds is 3. The van der Waals surface area contributed by atoms with Gasteiger partial charge in [-0.2, -0.15) is 0 Å². The van der Waals surface area contributed by atoms with Gasteiger partial charge in [0.1, 0.15) is 11.5 Å². The molecule has 29 heavy (non-hydrogen) atoms. The first-order valence-corrected chi connectivity index (χ1v) is 10.3. The first kappa shape index (κ1) is 19.7. The number of allylic oxidation sites excluding steroid dienone is 2. The molecule has 0 atom stereocenters. The summed E-state index contributed by atoms with van der Waals surface area (Å²) in [5.41, 5.74) is 7.76. The smallest absolute Gasteiger partial charge is 0.393 e. The van der Waals surface area contributed by atoms with Gasteiger partial charge in [0.15, 0.2) is 5.70 Å². The lowest BCUT2D eigenvalue weighted by Gasteiger charge is -2.33. The number of hydrogen-bond donors (Lipinski definition) is 0. The molecule has 4 rings (SSSR count). The van der Waals surface area contributed by atoms with Gasteiger partial charge < -0.3 is 17.6 Å². The summed E-state index contributed by atoms with van der Waals surface area (Å²) in [6.07, 6.45) is 3.13. The monoisotopic (exact) mass is 396 g/mol. The van der Waals surface area contributed by atoms with E-state index < -0.39 is 6.97 Å². The lowest BCUT2D eigenvalue weighted by Crippen LogP contribution is -2.51. The Morgan fingerprint density at radius 3 is 2.34 bits per heavy atom. The van der Waals surface area contributed by atoms with Crippen LogP contribution in [0.3, 0.4) is 0 Å². The molecule has 0 saturated carbocycles. The highest BCUT2D eigenvalue weighted by Crippen LogP contribution is 2.46. The molecule has 2 aromatic heterocycles. The van der Waals surface area contributed by atoms with Crippen LogP contribution in [0.1, 0.15) is 68.1 Å². The van der Waals surface area contributed by atoms with E-state index in [9.17, 15) is 0 Å². The molecule has 152 valence electrons. The summed E-state index contributed by atoms with van der Waals surface area (Å²) < 4.78 is 34.7. The summed E-state index contributed by atoms with van der Waals surface area (Å²) in [4.78, 5) is 8.86. The van der Waals surface area contributed by atoms with E-state index in [1.165, 1.54) is 8.96 Å². The van der Waals surface area contributed by atoms with Crippen molar-refractivity contribution in [2.45, 2.75) is 61.3 Å². The van der Waals surface area contributed by atoms with Gasteiger partial charge in [0.2, 0.25) is 0 Å². The van der Waals surface area contributed by atoms with E-state index >= 15 is 8.63 Å². The minimum Gasteiger partial charge on any atom is -0.393 e. The maximum absolute atomic E-state index is 16.1. The third-order valence-electron chi connectivity index (χ3n) is 6.53. The highest BCUT2D eigenvalue weighted by atomic mass is 19.2. The number of nitrogens with zero attached hydrogens (tertiary/aromatic N) is 4. The first-order valence-electron chi connectivity index (χ1n) is 10.3. The molecule has 0 aliphatic carbocycles. The molecule has 0 bridgehead atoms. The fraction of sp³-hybridized carbons (Fsp3) is 0.409. The summed E-state index contributed by atoms with van der Waals surface area (Å²) in [6, 6.07) is 1.83. The number of aryl methyl sites for hydroxylation is 1. The van der Waals surface area contributed by atoms with Crippen LogP contribution in [0.5, 0.6) is 0 Å². The SMILES string of the molecule is CCC1=C(C)C2=C(c3ccnc(C)n3)c3c(C)c(CC)c(C)n3[B-](F)(F)[N+]2=C1C. The molecule has 0 amide bonds. The van der Waals surface area contributed by atoms with Crippen molar-refractivity contribution in [3.63, 3.8) is 0 Å². The molecule has 2 aliphatic heterocycles. The topological polar surface area (TPSA) is 33.7 Å². The summed E-state index contributed by atoms with van der Waals surface area (Å²) in [7, 11) is 0. The normalized spacial score (nSPS) is 18.0. The van der Waals surface area contributed by atoms with E-state index in [4.69, 9.17) is 0 Å². The molecule has 0 aromatic carbocycles. The van der Waals surface area contributed by atoms with Crippen LogP contribution in [0, 0.1) is 20.8 Å². The Morgan fingerprint density at radius 1 is 1.07 bits per heavy atom. The van der Waals surface area contributed by atoms with Gasteiger partial charge in [-0.3, -0.25) is 0 Å². The van der Waals surface area contributed by atoms with Gasteiger partial charge in [-0.05, 0) is 63.4 Å². The lowest BCUT2D eigenvalue weighted by atomic mass is 9.85. The van der Waals surface area contributed by atoms with E-state index in [0.29, 0.717) is 47.2 Å². The van der Waals surface area contributed by atoms with Crippen molar-refractivity contribution >= 4 is 18.3 Å². The molecule has 4 nitrogen and oxygen atoms in total. The van der Waals surface area contributed by atoms with Gasteiger partial charge in [0, 0.05) is 30.0 Å². The van der Waals surface area contributed by atoms with E-state index in [1.54, 1.807) is 6.20 Å². The van der Waals surface area contributed by atoms with Gasteiger partial charge in [0.25, 0.3) is 0 Å². The minimum atomic E-state index is -4.00. The van der Waals surface area contributed by atoms with Gasteiger partial charge in [-0.25, -0.2) is 9.97 Å². The molecule has 2 aliphatic rings. The first-order chi connectivity index (χ1) is 13.7. The van der Waals surface area contributed by atoms with Gasteiger partial charge >= 0.3 is 6.97 Å². The largest absolute Gasteiger partial charge is 0.737 e. The molecular formula is C22H27BF2N4. The van der Waals surface area contributed by atoms with Crippen molar-refractivity contribution in [1.29, 1.82) is 0 Å². The summed E-state index contributed by atoms with van der Waals surface area (Å²) in [6.45, 7) is 9.41. The fourth-order valence-electron chi connectivity index (χ4n) is 5.32. The number of aromatic nitrogens is 3.